The second-order valence-corrected chi connectivity index (χ2v) is 7.03. The molecule has 2 aromatic rings. The van der Waals surface area contributed by atoms with Crippen LogP contribution in [0.2, 0.25) is 0 Å². The Kier molecular flexibility index (Phi) is 5.69. The fourth-order valence-electron chi connectivity index (χ4n) is 3.62. The number of aromatic amines is 1. The third kappa shape index (κ3) is 4.59. The third-order valence-electron chi connectivity index (χ3n) is 5.03. The Balaban J connectivity index is 1.58. The molecule has 0 radical (unpaired) electrons. The molecule has 1 saturated carbocycles. The molecule has 0 unspecified atom stereocenters. The molecule has 1 heterocycles. The van der Waals surface area contributed by atoms with Crippen molar-refractivity contribution in [3.63, 3.8) is 0 Å². The molecule has 4 heteroatoms. The molecule has 0 atom stereocenters. The molecule has 0 bridgehead atoms. The molecule has 2 N–H and O–H groups in total. The van der Waals surface area contributed by atoms with Gasteiger partial charge in [-0.3, -0.25) is 9.59 Å². The Morgan fingerprint density at radius 1 is 1.20 bits per heavy atom. The van der Waals surface area contributed by atoms with Crippen LogP contribution in [-0.4, -0.2) is 17.4 Å². The lowest BCUT2D eigenvalue weighted by molar-refractivity contribution is 0.0951. The summed E-state index contributed by atoms with van der Waals surface area (Å²) in [4.78, 5) is 27.3. The van der Waals surface area contributed by atoms with Crippen LogP contribution in [-0.2, 0) is 0 Å². The van der Waals surface area contributed by atoms with Crippen molar-refractivity contribution in [1.82, 2.24) is 10.3 Å². The van der Waals surface area contributed by atoms with Gasteiger partial charge in [0.25, 0.3) is 11.5 Å². The van der Waals surface area contributed by atoms with Gasteiger partial charge in [-0.25, -0.2) is 0 Å². The summed E-state index contributed by atoms with van der Waals surface area (Å²) in [7, 11) is 0. The molecule has 0 aliphatic heterocycles. The lowest BCUT2D eigenvalue weighted by Gasteiger charge is -2.09. The van der Waals surface area contributed by atoms with E-state index in [0.717, 1.165) is 29.2 Å². The number of carbonyl (C=O) groups is 1. The van der Waals surface area contributed by atoms with E-state index in [1.807, 2.05) is 31.2 Å². The van der Waals surface area contributed by atoms with Crippen LogP contribution < -0.4 is 10.9 Å². The second kappa shape index (κ2) is 8.15. The number of H-pyrrole nitrogens is 1. The SMILES string of the molecule is Cc1cccc(-c2ccc(C(=O)NCCCC3CCCC3)c(=O)[nH]2)c1. The molecule has 1 aromatic carbocycles. The molecule has 132 valence electrons. The molecule has 1 aliphatic rings. The van der Waals surface area contributed by atoms with Crippen molar-refractivity contribution >= 4 is 5.91 Å². The van der Waals surface area contributed by atoms with Crippen LogP contribution in [0, 0.1) is 12.8 Å². The van der Waals surface area contributed by atoms with Crippen LogP contribution in [0.25, 0.3) is 11.3 Å². The maximum absolute atomic E-state index is 12.3. The summed E-state index contributed by atoms with van der Waals surface area (Å²) in [6.07, 6.45) is 7.50. The van der Waals surface area contributed by atoms with Crippen molar-refractivity contribution in [3.05, 3.63) is 57.9 Å². The number of pyridine rings is 1. The number of hydrogen-bond donors (Lipinski definition) is 2. The first-order valence-corrected chi connectivity index (χ1v) is 9.22. The number of aryl methyl sites for hydroxylation is 1. The number of carbonyl (C=O) groups excluding carboxylic acids is 1. The second-order valence-electron chi connectivity index (χ2n) is 7.03. The number of amides is 1. The van der Waals surface area contributed by atoms with Crippen LogP contribution in [0.5, 0.6) is 0 Å². The summed E-state index contributed by atoms with van der Waals surface area (Å²) in [5, 5.41) is 2.87. The van der Waals surface area contributed by atoms with E-state index < -0.39 is 0 Å². The van der Waals surface area contributed by atoms with Gasteiger partial charge in [0.1, 0.15) is 5.56 Å². The van der Waals surface area contributed by atoms with Crippen molar-refractivity contribution in [3.8, 4) is 11.3 Å². The highest BCUT2D eigenvalue weighted by Gasteiger charge is 2.15. The summed E-state index contributed by atoms with van der Waals surface area (Å²) in [5.41, 5.74) is 2.64. The monoisotopic (exact) mass is 338 g/mol. The predicted molar refractivity (Wildman–Crippen MR) is 101 cm³/mol. The minimum Gasteiger partial charge on any atom is -0.352 e. The Hall–Kier alpha value is -2.36. The Bertz CT molecular complexity index is 788. The van der Waals surface area contributed by atoms with Gasteiger partial charge in [0.2, 0.25) is 0 Å². The first-order chi connectivity index (χ1) is 12.1. The molecule has 1 aromatic heterocycles. The van der Waals surface area contributed by atoms with Gasteiger partial charge in [-0.2, -0.15) is 0 Å². The van der Waals surface area contributed by atoms with Crippen LogP contribution in [0.4, 0.5) is 0 Å². The lowest BCUT2D eigenvalue weighted by atomic mass is 10.0. The number of hydrogen-bond acceptors (Lipinski definition) is 2. The van der Waals surface area contributed by atoms with E-state index >= 15 is 0 Å². The number of aromatic nitrogens is 1. The summed E-state index contributed by atoms with van der Waals surface area (Å²) in [5.74, 6) is 0.539. The van der Waals surface area contributed by atoms with Gasteiger partial charge in [-0.1, -0.05) is 49.4 Å². The first kappa shape index (κ1) is 17.5. The summed E-state index contributed by atoms with van der Waals surface area (Å²) in [6, 6.07) is 11.3. The van der Waals surface area contributed by atoms with Crippen molar-refractivity contribution in [1.29, 1.82) is 0 Å². The number of benzene rings is 1. The Morgan fingerprint density at radius 2 is 2.00 bits per heavy atom. The third-order valence-corrected chi connectivity index (χ3v) is 5.03. The summed E-state index contributed by atoms with van der Waals surface area (Å²) in [6.45, 7) is 2.64. The lowest BCUT2D eigenvalue weighted by Crippen LogP contribution is -2.30. The average Bonchev–Trinajstić information content (AvgIpc) is 3.12. The molecule has 3 rings (SSSR count). The highest BCUT2D eigenvalue weighted by Crippen LogP contribution is 2.28. The van der Waals surface area contributed by atoms with Crippen LogP contribution >= 0.6 is 0 Å². The zero-order valence-electron chi connectivity index (χ0n) is 14.8. The van der Waals surface area contributed by atoms with Gasteiger partial charge < -0.3 is 10.3 Å². The van der Waals surface area contributed by atoms with Crippen molar-refractivity contribution in [2.75, 3.05) is 6.54 Å². The largest absolute Gasteiger partial charge is 0.352 e. The molecule has 0 saturated heterocycles. The van der Waals surface area contributed by atoms with Gasteiger partial charge in [0.05, 0.1) is 0 Å². The fourth-order valence-corrected chi connectivity index (χ4v) is 3.62. The predicted octanol–water partition coefficient (Wildman–Crippen LogP) is 4.05. The van der Waals surface area contributed by atoms with E-state index in [1.54, 1.807) is 12.1 Å². The normalized spacial score (nSPS) is 14.6. The van der Waals surface area contributed by atoms with Gasteiger partial charge in [-0.15, -0.1) is 0 Å². The first-order valence-electron chi connectivity index (χ1n) is 9.22. The molecular weight excluding hydrogens is 312 g/mol. The van der Waals surface area contributed by atoms with Gasteiger partial charge in [0, 0.05) is 12.2 Å². The van der Waals surface area contributed by atoms with E-state index in [1.165, 1.54) is 32.1 Å². The minimum atomic E-state index is -0.340. The maximum atomic E-state index is 12.3. The molecule has 1 amide bonds. The van der Waals surface area contributed by atoms with Crippen LogP contribution in [0.3, 0.4) is 0 Å². The topological polar surface area (TPSA) is 62.0 Å². The van der Waals surface area contributed by atoms with Gasteiger partial charge >= 0.3 is 0 Å². The average molecular weight is 338 g/mol. The van der Waals surface area contributed by atoms with Crippen LogP contribution in [0.15, 0.2) is 41.2 Å². The zero-order valence-corrected chi connectivity index (χ0v) is 14.8. The molecule has 1 fully saturated rings. The quantitative estimate of drug-likeness (QED) is 0.781. The highest BCUT2D eigenvalue weighted by molar-refractivity contribution is 5.94. The summed E-state index contributed by atoms with van der Waals surface area (Å²) >= 11 is 0. The highest BCUT2D eigenvalue weighted by atomic mass is 16.2. The number of nitrogens with one attached hydrogen (secondary N) is 2. The molecule has 1 aliphatic carbocycles. The van der Waals surface area contributed by atoms with Crippen molar-refractivity contribution in [2.24, 2.45) is 5.92 Å². The maximum Gasteiger partial charge on any atom is 0.261 e. The number of rotatable bonds is 6. The smallest absolute Gasteiger partial charge is 0.261 e. The van der Waals surface area contributed by atoms with Gasteiger partial charge in [-0.05, 0) is 49.4 Å². The molecule has 25 heavy (non-hydrogen) atoms. The molecule has 0 spiro atoms. The Labute approximate surface area is 148 Å². The minimum absolute atomic E-state index is 0.178. The molecule has 4 nitrogen and oxygen atoms in total. The van der Waals surface area contributed by atoms with Crippen LogP contribution in [0.1, 0.15) is 54.4 Å². The Morgan fingerprint density at radius 3 is 2.72 bits per heavy atom. The van der Waals surface area contributed by atoms with Gasteiger partial charge in [0.15, 0.2) is 0 Å². The van der Waals surface area contributed by atoms with Crippen molar-refractivity contribution in [2.45, 2.75) is 45.4 Å². The summed E-state index contributed by atoms with van der Waals surface area (Å²) < 4.78 is 0. The standard InChI is InChI=1S/C21H26N2O2/c1-15-6-4-10-17(14-15)19-12-11-18(21(25)23-19)20(24)22-13-5-9-16-7-2-3-8-16/h4,6,10-12,14,16H,2-3,5,7-9,13H2,1H3,(H,22,24)(H,23,25). The molecular formula is C21H26N2O2. The van der Waals surface area contributed by atoms with Crippen molar-refractivity contribution < 1.29 is 4.79 Å². The van der Waals surface area contributed by atoms with E-state index in [4.69, 9.17) is 0 Å². The van der Waals surface area contributed by atoms with E-state index in [2.05, 4.69) is 10.3 Å². The van der Waals surface area contributed by atoms with E-state index in [9.17, 15) is 9.59 Å². The van der Waals surface area contributed by atoms with E-state index in [-0.39, 0.29) is 17.0 Å². The fraction of sp³-hybridized carbons (Fsp3) is 0.429. The van der Waals surface area contributed by atoms with E-state index in [0.29, 0.717) is 6.54 Å². The zero-order chi connectivity index (χ0) is 17.6.